The van der Waals surface area contributed by atoms with Crippen molar-refractivity contribution in [1.82, 2.24) is 10.3 Å². The Bertz CT molecular complexity index is 679. The first-order valence-corrected chi connectivity index (χ1v) is 6.71. The molecule has 0 saturated heterocycles. The molecule has 0 aliphatic heterocycles. The number of ether oxygens (including phenoxy) is 1. The molecule has 21 heavy (non-hydrogen) atoms. The molecule has 0 fully saturated rings. The average molecular weight is 286 g/mol. The van der Waals surface area contributed by atoms with Gasteiger partial charge in [-0.3, -0.25) is 9.59 Å². The predicted octanol–water partition coefficient (Wildman–Crippen LogP) is 1.74. The number of amides is 1. The van der Waals surface area contributed by atoms with Crippen molar-refractivity contribution in [3.63, 3.8) is 0 Å². The molecule has 0 radical (unpaired) electrons. The zero-order valence-corrected chi connectivity index (χ0v) is 12.1. The number of H-pyrrole nitrogens is 1. The van der Waals surface area contributed by atoms with Crippen molar-refractivity contribution in [3.05, 3.63) is 64.1 Å². The van der Waals surface area contributed by atoms with Crippen molar-refractivity contribution in [2.75, 3.05) is 7.11 Å². The minimum absolute atomic E-state index is 0.115. The number of aromatic nitrogens is 1. The van der Waals surface area contributed by atoms with Crippen LogP contribution in [0.4, 0.5) is 0 Å². The lowest BCUT2D eigenvalue weighted by Gasteiger charge is -2.15. The third-order valence-corrected chi connectivity index (χ3v) is 3.16. The van der Waals surface area contributed by atoms with E-state index in [4.69, 9.17) is 4.74 Å². The standard InChI is InChI=1S/C16H18N2O3/c1-11(9-12-5-3-4-6-15(12)21-2)18-16(20)13-10-17-8-7-14(13)19/h3-8,10-11H,9H2,1-2H3,(H,17,19)(H,18,20). The molecule has 0 aliphatic rings. The summed E-state index contributed by atoms with van der Waals surface area (Å²) in [6.07, 6.45) is 3.53. The molecule has 5 nitrogen and oxygen atoms in total. The summed E-state index contributed by atoms with van der Waals surface area (Å²) in [7, 11) is 1.62. The van der Waals surface area contributed by atoms with E-state index in [2.05, 4.69) is 10.3 Å². The van der Waals surface area contributed by atoms with Gasteiger partial charge in [-0.15, -0.1) is 0 Å². The van der Waals surface area contributed by atoms with Gasteiger partial charge in [-0.1, -0.05) is 18.2 Å². The number of methoxy groups -OCH3 is 1. The van der Waals surface area contributed by atoms with Gasteiger partial charge in [0.2, 0.25) is 0 Å². The van der Waals surface area contributed by atoms with Crippen molar-refractivity contribution in [2.45, 2.75) is 19.4 Å². The van der Waals surface area contributed by atoms with Gasteiger partial charge in [0.05, 0.1) is 7.11 Å². The average Bonchev–Trinajstić information content (AvgIpc) is 2.48. The van der Waals surface area contributed by atoms with E-state index < -0.39 is 0 Å². The summed E-state index contributed by atoms with van der Waals surface area (Å²) >= 11 is 0. The SMILES string of the molecule is COc1ccccc1CC(C)NC(=O)c1c[nH]ccc1=O. The van der Waals surface area contributed by atoms with Gasteiger partial charge in [0.15, 0.2) is 5.43 Å². The number of benzene rings is 1. The number of hydrogen-bond donors (Lipinski definition) is 2. The Labute approximate surface area is 123 Å². The highest BCUT2D eigenvalue weighted by atomic mass is 16.5. The van der Waals surface area contributed by atoms with Crippen LogP contribution in [-0.2, 0) is 6.42 Å². The highest BCUT2D eigenvalue weighted by molar-refractivity contribution is 5.93. The van der Waals surface area contributed by atoms with Gasteiger partial charge < -0.3 is 15.0 Å². The molecule has 0 aliphatic carbocycles. The Kier molecular flexibility index (Phi) is 4.77. The Hall–Kier alpha value is -2.56. The molecule has 2 rings (SSSR count). The van der Waals surface area contributed by atoms with E-state index in [1.165, 1.54) is 18.5 Å². The van der Waals surface area contributed by atoms with Crippen LogP contribution in [0, 0.1) is 0 Å². The van der Waals surface area contributed by atoms with Crippen molar-refractivity contribution >= 4 is 5.91 Å². The number of carbonyl (C=O) groups excluding carboxylic acids is 1. The minimum atomic E-state index is -0.376. The Morgan fingerprint density at radius 1 is 1.33 bits per heavy atom. The number of aromatic amines is 1. The fraction of sp³-hybridized carbons (Fsp3) is 0.250. The molecule has 2 N–H and O–H groups in total. The second-order valence-corrected chi connectivity index (χ2v) is 4.81. The summed E-state index contributed by atoms with van der Waals surface area (Å²) in [5.41, 5.74) is 0.829. The van der Waals surface area contributed by atoms with Gasteiger partial charge in [0.25, 0.3) is 5.91 Å². The lowest BCUT2D eigenvalue weighted by atomic mass is 10.1. The van der Waals surface area contributed by atoms with Crippen molar-refractivity contribution < 1.29 is 9.53 Å². The summed E-state index contributed by atoms with van der Waals surface area (Å²) in [6.45, 7) is 1.89. The fourth-order valence-electron chi connectivity index (χ4n) is 2.15. The first-order chi connectivity index (χ1) is 10.1. The van der Waals surface area contributed by atoms with Crippen LogP contribution in [0.3, 0.4) is 0 Å². The van der Waals surface area contributed by atoms with E-state index in [9.17, 15) is 9.59 Å². The quantitative estimate of drug-likeness (QED) is 0.879. The molecule has 1 heterocycles. The molecule has 1 aromatic carbocycles. The van der Waals surface area contributed by atoms with Crippen LogP contribution in [0.5, 0.6) is 5.75 Å². The first kappa shape index (κ1) is 14.8. The number of pyridine rings is 1. The molecular weight excluding hydrogens is 268 g/mol. The third kappa shape index (κ3) is 3.72. The molecule has 0 saturated carbocycles. The Balaban J connectivity index is 2.05. The highest BCUT2D eigenvalue weighted by Gasteiger charge is 2.14. The highest BCUT2D eigenvalue weighted by Crippen LogP contribution is 2.18. The maximum Gasteiger partial charge on any atom is 0.256 e. The lowest BCUT2D eigenvalue weighted by Crippen LogP contribution is -2.36. The Morgan fingerprint density at radius 3 is 2.81 bits per heavy atom. The van der Waals surface area contributed by atoms with Crippen LogP contribution in [-0.4, -0.2) is 24.0 Å². The number of nitrogens with one attached hydrogen (secondary N) is 2. The largest absolute Gasteiger partial charge is 0.496 e. The number of carbonyl (C=O) groups is 1. The first-order valence-electron chi connectivity index (χ1n) is 6.71. The summed E-state index contributed by atoms with van der Waals surface area (Å²) in [6, 6.07) is 8.87. The molecule has 1 atom stereocenters. The van der Waals surface area contributed by atoms with E-state index in [-0.39, 0.29) is 22.9 Å². The minimum Gasteiger partial charge on any atom is -0.496 e. The summed E-state index contributed by atoms with van der Waals surface area (Å²) in [4.78, 5) is 26.4. The van der Waals surface area contributed by atoms with Crippen LogP contribution in [0.1, 0.15) is 22.8 Å². The third-order valence-electron chi connectivity index (χ3n) is 3.16. The summed E-state index contributed by atoms with van der Waals surface area (Å²) < 4.78 is 5.29. The number of rotatable bonds is 5. The van der Waals surface area contributed by atoms with Gasteiger partial charge in [0, 0.05) is 24.5 Å². The van der Waals surface area contributed by atoms with Gasteiger partial charge in [-0.05, 0) is 25.0 Å². The lowest BCUT2D eigenvalue weighted by molar-refractivity contribution is 0.0938. The maximum atomic E-state index is 12.1. The Morgan fingerprint density at radius 2 is 2.10 bits per heavy atom. The normalized spacial score (nSPS) is 11.7. The smallest absolute Gasteiger partial charge is 0.256 e. The molecule has 1 amide bonds. The van der Waals surface area contributed by atoms with Gasteiger partial charge >= 0.3 is 0 Å². The van der Waals surface area contributed by atoms with Crippen LogP contribution < -0.4 is 15.5 Å². The van der Waals surface area contributed by atoms with Crippen molar-refractivity contribution in [2.24, 2.45) is 0 Å². The number of para-hydroxylation sites is 1. The van der Waals surface area contributed by atoms with E-state index in [1.807, 2.05) is 31.2 Å². The van der Waals surface area contributed by atoms with Crippen LogP contribution >= 0.6 is 0 Å². The van der Waals surface area contributed by atoms with E-state index >= 15 is 0 Å². The van der Waals surface area contributed by atoms with Gasteiger partial charge in [0.1, 0.15) is 11.3 Å². The second kappa shape index (κ2) is 6.74. The van der Waals surface area contributed by atoms with E-state index in [1.54, 1.807) is 7.11 Å². The topological polar surface area (TPSA) is 71.2 Å². The molecule has 0 bridgehead atoms. The molecule has 2 aromatic rings. The molecular formula is C16H18N2O3. The second-order valence-electron chi connectivity index (χ2n) is 4.81. The molecule has 110 valence electrons. The molecule has 1 aromatic heterocycles. The fourth-order valence-corrected chi connectivity index (χ4v) is 2.15. The summed E-state index contributed by atoms with van der Waals surface area (Å²) in [5.74, 6) is 0.412. The van der Waals surface area contributed by atoms with Crippen molar-refractivity contribution in [3.8, 4) is 5.75 Å². The molecule has 1 unspecified atom stereocenters. The monoisotopic (exact) mass is 286 g/mol. The van der Waals surface area contributed by atoms with Crippen molar-refractivity contribution in [1.29, 1.82) is 0 Å². The van der Waals surface area contributed by atoms with E-state index in [0.717, 1.165) is 11.3 Å². The van der Waals surface area contributed by atoms with Crippen LogP contribution in [0.15, 0.2) is 47.5 Å². The molecule has 0 spiro atoms. The van der Waals surface area contributed by atoms with E-state index in [0.29, 0.717) is 6.42 Å². The van der Waals surface area contributed by atoms with Crippen LogP contribution in [0.25, 0.3) is 0 Å². The zero-order valence-electron chi connectivity index (χ0n) is 12.1. The van der Waals surface area contributed by atoms with Crippen LogP contribution in [0.2, 0.25) is 0 Å². The number of hydrogen-bond acceptors (Lipinski definition) is 3. The maximum absolute atomic E-state index is 12.1. The predicted molar refractivity (Wildman–Crippen MR) is 80.7 cm³/mol. The van der Waals surface area contributed by atoms with Gasteiger partial charge in [-0.25, -0.2) is 0 Å². The summed E-state index contributed by atoms with van der Waals surface area (Å²) in [5, 5.41) is 2.82. The van der Waals surface area contributed by atoms with Gasteiger partial charge in [-0.2, -0.15) is 0 Å². The zero-order chi connectivity index (χ0) is 15.2. The molecule has 5 heteroatoms.